The molecule has 4 rings (SSSR count). The minimum absolute atomic E-state index is 0.172. The van der Waals surface area contributed by atoms with Gasteiger partial charge in [0.25, 0.3) is 5.91 Å². The molecule has 0 bridgehead atoms. The molecule has 134 valence electrons. The van der Waals surface area contributed by atoms with Gasteiger partial charge in [0.1, 0.15) is 5.75 Å². The van der Waals surface area contributed by atoms with Crippen LogP contribution in [-0.2, 0) is 0 Å². The van der Waals surface area contributed by atoms with Gasteiger partial charge in [-0.25, -0.2) is 0 Å². The number of nitrogens with one attached hydrogen (secondary N) is 1. The number of ether oxygens (including phenoxy) is 1. The third-order valence-corrected chi connectivity index (χ3v) is 5.32. The molecule has 0 saturated heterocycles. The zero-order valence-electron chi connectivity index (χ0n) is 15.0. The summed E-state index contributed by atoms with van der Waals surface area (Å²) in [6.45, 7) is 1.85. The molecule has 4 aromatic rings. The Morgan fingerprint density at radius 1 is 1.07 bits per heavy atom. The van der Waals surface area contributed by atoms with Crippen LogP contribution >= 0.6 is 11.3 Å². The molecular formula is C22H18N2O2S. The fraction of sp³-hybridized carbons (Fsp3) is 0.0909. The van der Waals surface area contributed by atoms with Crippen LogP contribution in [0.1, 0.15) is 16.1 Å². The first-order valence-corrected chi connectivity index (χ1v) is 9.43. The second kappa shape index (κ2) is 7.21. The van der Waals surface area contributed by atoms with Crippen LogP contribution < -0.4 is 10.1 Å². The fourth-order valence-corrected chi connectivity index (χ4v) is 3.80. The molecular weight excluding hydrogens is 356 g/mol. The smallest absolute Gasteiger partial charge is 0.257 e. The summed E-state index contributed by atoms with van der Waals surface area (Å²) >= 11 is 1.64. The highest BCUT2D eigenvalue weighted by Gasteiger charge is 2.15. The third kappa shape index (κ3) is 3.41. The van der Waals surface area contributed by atoms with Crippen molar-refractivity contribution in [2.75, 3.05) is 12.4 Å². The maximum absolute atomic E-state index is 13.0. The number of para-hydroxylation sites is 1. The van der Waals surface area contributed by atoms with Crippen LogP contribution in [-0.4, -0.2) is 18.0 Å². The molecule has 0 aliphatic carbocycles. The highest BCUT2D eigenvalue weighted by Crippen LogP contribution is 2.32. The number of aromatic nitrogens is 1. The molecule has 0 saturated carbocycles. The van der Waals surface area contributed by atoms with Crippen LogP contribution in [0.2, 0.25) is 0 Å². The maximum atomic E-state index is 13.0. The number of thiophene rings is 1. The van der Waals surface area contributed by atoms with Crippen molar-refractivity contribution in [2.24, 2.45) is 0 Å². The molecule has 0 spiro atoms. The number of fused-ring (bicyclic) bond motifs is 1. The van der Waals surface area contributed by atoms with Gasteiger partial charge in [0, 0.05) is 21.5 Å². The Kier molecular flexibility index (Phi) is 4.60. The lowest BCUT2D eigenvalue weighted by atomic mass is 10.1. The second-order valence-electron chi connectivity index (χ2n) is 6.16. The summed E-state index contributed by atoms with van der Waals surface area (Å²) in [5.74, 6) is 0.566. The first-order valence-electron chi connectivity index (χ1n) is 8.55. The van der Waals surface area contributed by atoms with E-state index in [9.17, 15) is 4.79 Å². The number of pyridine rings is 1. The van der Waals surface area contributed by atoms with Crippen LogP contribution in [0.4, 0.5) is 5.69 Å². The van der Waals surface area contributed by atoms with Crippen LogP contribution in [0.5, 0.6) is 5.75 Å². The number of carbonyl (C=O) groups is 1. The van der Waals surface area contributed by atoms with Crippen molar-refractivity contribution in [3.63, 3.8) is 0 Å². The molecule has 0 atom stereocenters. The molecule has 1 amide bonds. The summed E-state index contributed by atoms with van der Waals surface area (Å²) in [7, 11) is 1.62. The van der Waals surface area contributed by atoms with E-state index in [-0.39, 0.29) is 5.91 Å². The molecule has 27 heavy (non-hydrogen) atoms. The van der Waals surface area contributed by atoms with E-state index in [0.29, 0.717) is 11.3 Å². The number of hydrogen-bond acceptors (Lipinski definition) is 4. The summed E-state index contributed by atoms with van der Waals surface area (Å²) in [5, 5.41) is 5.94. The zero-order valence-corrected chi connectivity index (χ0v) is 15.8. The molecule has 0 aliphatic heterocycles. The summed E-state index contributed by atoms with van der Waals surface area (Å²) < 4.78 is 5.28. The van der Waals surface area contributed by atoms with E-state index in [1.165, 1.54) is 0 Å². The van der Waals surface area contributed by atoms with Crippen molar-refractivity contribution < 1.29 is 9.53 Å². The quantitative estimate of drug-likeness (QED) is 0.511. The van der Waals surface area contributed by atoms with Gasteiger partial charge in [0.2, 0.25) is 0 Å². The molecule has 0 aliphatic rings. The second-order valence-corrected chi connectivity index (χ2v) is 7.10. The number of nitrogens with zero attached hydrogens (tertiary/aromatic N) is 1. The van der Waals surface area contributed by atoms with Crippen molar-refractivity contribution in [3.05, 3.63) is 77.3 Å². The van der Waals surface area contributed by atoms with Gasteiger partial charge in [-0.05, 0) is 48.7 Å². The SMILES string of the molecule is COc1ccc2nc(C)c(C(=O)Nc3ccccc3-c3cccs3)cc2c1. The van der Waals surface area contributed by atoms with Gasteiger partial charge < -0.3 is 10.1 Å². The summed E-state index contributed by atoms with van der Waals surface area (Å²) in [4.78, 5) is 18.7. The van der Waals surface area contributed by atoms with E-state index in [4.69, 9.17) is 4.74 Å². The van der Waals surface area contributed by atoms with Crippen molar-refractivity contribution in [3.8, 4) is 16.2 Å². The first kappa shape index (κ1) is 17.2. The number of methoxy groups -OCH3 is 1. The van der Waals surface area contributed by atoms with E-state index < -0.39 is 0 Å². The number of rotatable bonds is 4. The number of benzene rings is 2. The topological polar surface area (TPSA) is 51.2 Å². The van der Waals surface area contributed by atoms with Crippen molar-refractivity contribution in [2.45, 2.75) is 6.92 Å². The van der Waals surface area contributed by atoms with Gasteiger partial charge in [-0.15, -0.1) is 11.3 Å². The lowest BCUT2D eigenvalue weighted by Gasteiger charge is -2.12. The predicted octanol–water partition coefficient (Wildman–Crippen LogP) is 5.53. The largest absolute Gasteiger partial charge is 0.497 e. The van der Waals surface area contributed by atoms with Gasteiger partial charge in [-0.1, -0.05) is 24.3 Å². The maximum Gasteiger partial charge on any atom is 0.257 e. The number of aryl methyl sites for hydroxylation is 1. The highest BCUT2D eigenvalue weighted by atomic mass is 32.1. The molecule has 0 radical (unpaired) electrons. The minimum Gasteiger partial charge on any atom is -0.497 e. The molecule has 2 aromatic carbocycles. The van der Waals surface area contributed by atoms with E-state index >= 15 is 0 Å². The van der Waals surface area contributed by atoms with Crippen molar-refractivity contribution in [1.29, 1.82) is 0 Å². The number of anilines is 1. The summed E-state index contributed by atoms with van der Waals surface area (Å²) in [6.07, 6.45) is 0. The molecule has 5 heteroatoms. The first-order chi connectivity index (χ1) is 13.2. The predicted molar refractivity (Wildman–Crippen MR) is 111 cm³/mol. The van der Waals surface area contributed by atoms with Gasteiger partial charge in [-0.2, -0.15) is 0 Å². The van der Waals surface area contributed by atoms with Gasteiger partial charge in [-0.3, -0.25) is 9.78 Å². The van der Waals surface area contributed by atoms with E-state index in [0.717, 1.165) is 32.8 Å². The van der Waals surface area contributed by atoms with Gasteiger partial charge >= 0.3 is 0 Å². The Hall–Kier alpha value is -3.18. The monoisotopic (exact) mass is 374 g/mol. The van der Waals surface area contributed by atoms with Crippen molar-refractivity contribution in [1.82, 2.24) is 4.98 Å². The molecule has 1 N–H and O–H groups in total. The molecule has 2 aromatic heterocycles. The van der Waals surface area contributed by atoms with Gasteiger partial charge in [0.05, 0.1) is 23.9 Å². The number of carbonyl (C=O) groups excluding carboxylic acids is 1. The van der Waals surface area contributed by atoms with Crippen LogP contribution in [0.15, 0.2) is 66.0 Å². The molecule has 2 heterocycles. The Morgan fingerprint density at radius 2 is 1.93 bits per heavy atom. The van der Waals surface area contributed by atoms with Crippen LogP contribution in [0.3, 0.4) is 0 Å². The lowest BCUT2D eigenvalue weighted by Crippen LogP contribution is -2.14. The zero-order chi connectivity index (χ0) is 18.8. The average molecular weight is 374 g/mol. The summed E-state index contributed by atoms with van der Waals surface area (Å²) in [5.41, 5.74) is 3.88. The standard InChI is InChI=1S/C22H18N2O2S/c1-14-18(13-15-12-16(26-2)9-10-19(15)23-14)22(25)24-20-7-4-3-6-17(20)21-8-5-11-27-21/h3-13H,1-2H3,(H,24,25). The number of hydrogen-bond donors (Lipinski definition) is 1. The average Bonchev–Trinajstić information content (AvgIpc) is 3.22. The van der Waals surface area contributed by atoms with Gasteiger partial charge in [0.15, 0.2) is 0 Å². The van der Waals surface area contributed by atoms with Crippen molar-refractivity contribution >= 4 is 33.8 Å². The Labute approximate surface area is 161 Å². The third-order valence-electron chi connectivity index (χ3n) is 4.42. The molecule has 0 unspecified atom stereocenters. The fourth-order valence-electron chi connectivity index (χ4n) is 3.04. The normalized spacial score (nSPS) is 10.7. The van der Waals surface area contributed by atoms with E-state index in [1.807, 2.05) is 73.0 Å². The lowest BCUT2D eigenvalue weighted by molar-refractivity contribution is 0.102. The van der Waals surface area contributed by atoms with Crippen LogP contribution in [0.25, 0.3) is 21.3 Å². The number of amides is 1. The van der Waals surface area contributed by atoms with E-state index in [2.05, 4.69) is 10.3 Å². The Bertz CT molecular complexity index is 1120. The van der Waals surface area contributed by atoms with E-state index in [1.54, 1.807) is 18.4 Å². The Morgan fingerprint density at radius 3 is 2.70 bits per heavy atom. The highest BCUT2D eigenvalue weighted by molar-refractivity contribution is 7.13. The summed E-state index contributed by atoms with van der Waals surface area (Å²) in [6, 6.07) is 19.4. The molecule has 4 nitrogen and oxygen atoms in total. The molecule has 0 fully saturated rings. The minimum atomic E-state index is -0.172. The van der Waals surface area contributed by atoms with Crippen LogP contribution in [0, 0.1) is 6.92 Å². The Balaban J connectivity index is 1.71.